The Bertz CT molecular complexity index is 1530. The number of aryl methyl sites for hydroxylation is 1. The molecule has 0 aliphatic heterocycles. The van der Waals surface area contributed by atoms with Crippen molar-refractivity contribution in [3.8, 4) is 11.4 Å². The summed E-state index contributed by atoms with van der Waals surface area (Å²) in [5.41, 5.74) is 2.85. The summed E-state index contributed by atoms with van der Waals surface area (Å²) in [5, 5.41) is 2.46. The number of nitrogens with zero attached hydrogens (tertiary/aromatic N) is 2. The lowest BCUT2D eigenvalue weighted by Gasteiger charge is -2.13. The summed E-state index contributed by atoms with van der Waals surface area (Å²) in [7, 11) is -3.90. The van der Waals surface area contributed by atoms with Crippen LogP contribution in [0.3, 0.4) is 0 Å². The molecule has 0 aliphatic carbocycles. The van der Waals surface area contributed by atoms with Crippen molar-refractivity contribution in [1.82, 2.24) is 8.96 Å². The molecule has 31 heavy (non-hydrogen) atoms. The predicted molar refractivity (Wildman–Crippen MR) is 126 cm³/mol. The Morgan fingerprint density at radius 1 is 0.903 bits per heavy atom. The van der Waals surface area contributed by atoms with Crippen molar-refractivity contribution in [3.63, 3.8) is 0 Å². The van der Waals surface area contributed by atoms with E-state index >= 15 is 0 Å². The zero-order valence-corrected chi connectivity index (χ0v) is 18.4. The minimum atomic E-state index is -3.90. The molecule has 1 aromatic heterocycles. The number of hydrogen-bond donors (Lipinski definition) is 0. The highest BCUT2D eigenvalue weighted by atomic mass is 35.5. The Morgan fingerprint density at radius 2 is 1.65 bits per heavy atom. The van der Waals surface area contributed by atoms with Crippen molar-refractivity contribution in [3.05, 3.63) is 95.5 Å². The molecule has 0 saturated heterocycles. The molecule has 0 atom stereocenters. The van der Waals surface area contributed by atoms with Crippen LogP contribution in [0.5, 0.6) is 0 Å². The van der Waals surface area contributed by atoms with Crippen LogP contribution in [-0.4, -0.2) is 17.4 Å². The van der Waals surface area contributed by atoms with Crippen LogP contribution in [0.4, 0.5) is 0 Å². The van der Waals surface area contributed by atoms with Crippen LogP contribution in [-0.2, 0) is 16.4 Å². The highest BCUT2D eigenvalue weighted by Crippen LogP contribution is 2.34. The molecule has 4 aromatic carbocycles. The van der Waals surface area contributed by atoms with E-state index in [-0.39, 0.29) is 4.90 Å². The van der Waals surface area contributed by atoms with E-state index < -0.39 is 10.0 Å². The van der Waals surface area contributed by atoms with Gasteiger partial charge in [-0.05, 0) is 53.1 Å². The first-order valence-electron chi connectivity index (χ1n) is 9.99. The fourth-order valence-corrected chi connectivity index (χ4v) is 5.50. The summed E-state index contributed by atoms with van der Waals surface area (Å²) in [6.07, 6.45) is 0.841. The van der Waals surface area contributed by atoms with Gasteiger partial charge in [0, 0.05) is 10.6 Å². The van der Waals surface area contributed by atoms with Gasteiger partial charge in [-0.2, -0.15) is 0 Å². The third-order valence-electron chi connectivity index (χ3n) is 5.48. The molecule has 0 spiro atoms. The molecule has 0 saturated carbocycles. The van der Waals surface area contributed by atoms with Crippen molar-refractivity contribution in [1.29, 1.82) is 0 Å². The van der Waals surface area contributed by atoms with E-state index in [0.29, 0.717) is 21.9 Å². The number of imidazole rings is 1. The molecule has 0 fully saturated rings. The maximum Gasteiger partial charge on any atom is 0.269 e. The molecule has 0 bridgehead atoms. The summed E-state index contributed by atoms with van der Waals surface area (Å²) in [6.45, 7) is 2.04. The van der Waals surface area contributed by atoms with E-state index in [9.17, 15) is 8.42 Å². The van der Waals surface area contributed by atoms with Gasteiger partial charge in [0.15, 0.2) is 5.82 Å². The summed E-state index contributed by atoms with van der Waals surface area (Å²) < 4.78 is 29.0. The fraction of sp³-hybridized carbons (Fsp3) is 0.0800. The lowest BCUT2D eigenvalue weighted by Crippen LogP contribution is -2.14. The van der Waals surface area contributed by atoms with Crippen LogP contribution >= 0.6 is 11.6 Å². The largest absolute Gasteiger partial charge is 0.269 e. The summed E-state index contributed by atoms with van der Waals surface area (Å²) >= 11 is 6.19. The molecule has 1 heterocycles. The second-order valence-electron chi connectivity index (χ2n) is 7.36. The maximum absolute atomic E-state index is 13.8. The van der Waals surface area contributed by atoms with Gasteiger partial charge in [-0.15, -0.1) is 0 Å². The number of aromatic nitrogens is 2. The molecule has 0 radical (unpaired) electrons. The van der Waals surface area contributed by atoms with Gasteiger partial charge in [0.05, 0.1) is 15.9 Å². The second-order valence-corrected chi connectivity index (χ2v) is 9.59. The Morgan fingerprint density at radius 3 is 2.42 bits per heavy atom. The average Bonchev–Trinajstić information content (AvgIpc) is 3.18. The van der Waals surface area contributed by atoms with Crippen LogP contribution in [0.25, 0.3) is 33.2 Å². The zero-order chi connectivity index (χ0) is 21.6. The number of rotatable bonds is 4. The third-order valence-corrected chi connectivity index (χ3v) is 7.43. The molecule has 4 nitrogen and oxygen atoms in total. The molecule has 0 unspecified atom stereocenters. The quantitative estimate of drug-likeness (QED) is 0.325. The third kappa shape index (κ3) is 3.30. The first kappa shape index (κ1) is 19.8. The predicted octanol–water partition coefficient (Wildman–Crippen LogP) is 6.31. The lowest BCUT2D eigenvalue weighted by molar-refractivity contribution is 0.589. The monoisotopic (exact) mass is 446 g/mol. The molecule has 5 aromatic rings. The Hall–Kier alpha value is -3.15. The minimum Gasteiger partial charge on any atom is -0.227 e. The first-order valence-corrected chi connectivity index (χ1v) is 11.8. The zero-order valence-electron chi connectivity index (χ0n) is 16.8. The van der Waals surface area contributed by atoms with E-state index in [1.807, 2.05) is 61.5 Å². The van der Waals surface area contributed by atoms with E-state index in [2.05, 4.69) is 0 Å². The lowest BCUT2D eigenvalue weighted by atomic mass is 10.0. The van der Waals surface area contributed by atoms with Crippen LogP contribution < -0.4 is 0 Å². The van der Waals surface area contributed by atoms with Gasteiger partial charge in [0.2, 0.25) is 0 Å². The van der Waals surface area contributed by atoms with Crippen molar-refractivity contribution < 1.29 is 8.42 Å². The summed E-state index contributed by atoms with van der Waals surface area (Å²) in [6, 6.07) is 25.8. The maximum atomic E-state index is 13.8. The topological polar surface area (TPSA) is 52.0 Å². The normalized spacial score (nSPS) is 11.9. The van der Waals surface area contributed by atoms with Crippen LogP contribution in [0.15, 0.2) is 89.8 Å². The standard InChI is InChI=1S/C25H19ClN2O2S/c1-2-17-10-13-20(14-11-17)31(29,30)28-24-15-12-19(26)16-23(24)27-25(28)22-9-5-7-18-6-3-4-8-21(18)22/h3-16H,2H2,1H3. The minimum absolute atomic E-state index is 0.223. The van der Waals surface area contributed by atoms with Gasteiger partial charge >= 0.3 is 0 Å². The van der Waals surface area contributed by atoms with Crippen molar-refractivity contribution in [2.24, 2.45) is 0 Å². The van der Waals surface area contributed by atoms with Crippen molar-refractivity contribution >= 4 is 43.4 Å². The fourth-order valence-electron chi connectivity index (χ4n) is 3.87. The van der Waals surface area contributed by atoms with Crippen molar-refractivity contribution in [2.45, 2.75) is 18.2 Å². The van der Waals surface area contributed by atoms with Gasteiger partial charge < -0.3 is 0 Å². The highest BCUT2D eigenvalue weighted by Gasteiger charge is 2.26. The summed E-state index contributed by atoms with van der Waals surface area (Å²) in [5.74, 6) is 0.369. The average molecular weight is 447 g/mol. The SMILES string of the molecule is CCc1ccc(S(=O)(=O)n2c(-c3cccc4ccccc34)nc3cc(Cl)ccc32)cc1. The first-order chi connectivity index (χ1) is 15.0. The Labute approximate surface area is 185 Å². The van der Waals surface area contributed by atoms with E-state index in [1.165, 1.54) is 3.97 Å². The molecular formula is C25H19ClN2O2S. The van der Waals surface area contributed by atoms with Gasteiger partial charge in [0.1, 0.15) is 0 Å². The molecule has 0 aliphatic rings. The smallest absolute Gasteiger partial charge is 0.227 e. The van der Waals surface area contributed by atoms with E-state index in [0.717, 1.165) is 28.3 Å². The molecule has 0 amide bonds. The van der Waals surface area contributed by atoms with Crippen molar-refractivity contribution in [2.75, 3.05) is 0 Å². The number of halogens is 1. The van der Waals surface area contributed by atoms with Gasteiger partial charge in [0.25, 0.3) is 10.0 Å². The molecule has 6 heteroatoms. The molecule has 154 valence electrons. The summed E-state index contributed by atoms with van der Waals surface area (Å²) in [4.78, 5) is 4.94. The van der Waals surface area contributed by atoms with Crippen LogP contribution in [0.1, 0.15) is 12.5 Å². The van der Waals surface area contributed by atoms with Gasteiger partial charge in [-0.1, -0.05) is 73.1 Å². The van der Waals surface area contributed by atoms with E-state index in [4.69, 9.17) is 16.6 Å². The van der Waals surface area contributed by atoms with Gasteiger partial charge in [-0.3, -0.25) is 0 Å². The van der Waals surface area contributed by atoms with E-state index in [1.54, 1.807) is 30.3 Å². The number of fused-ring (bicyclic) bond motifs is 2. The number of benzene rings is 4. The Kier molecular flexibility index (Phi) is 4.80. The van der Waals surface area contributed by atoms with Gasteiger partial charge in [-0.25, -0.2) is 17.4 Å². The highest BCUT2D eigenvalue weighted by molar-refractivity contribution is 7.90. The second kappa shape index (κ2) is 7.52. The molecule has 5 rings (SSSR count). The molecular weight excluding hydrogens is 428 g/mol. The van der Waals surface area contributed by atoms with Crippen LogP contribution in [0.2, 0.25) is 5.02 Å². The molecule has 0 N–H and O–H groups in total. The number of hydrogen-bond acceptors (Lipinski definition) is 3. The van der Waals surface area contributed by atoms with Crippen LogP contribution in [0, 0.1) is 0 Å². The Balaban J connectivity index is 1.85.